The molecule has 4 nitrogen and oxygen atoms in total. The van der Waals surface area contributed by atoms with Crippen molar-refractivity contribution in [2.24, 2.45) is 23.5 Å². The van der Waals surface area contributed by atoms with Crippen molar-refractivity contribution in [1.29, 1.82) is 0 Å². The number of hydrogen-bond donors (Lipinski definition) is 2. The maximum Gasteiger partial charge on any atom is 0.229 e. The van der Waals surface area contributed by atoms with Gasteiger partial charge in [0, 0.05) is 12.2 Å². The first kappa shape index (κ1) is 12.9. The Kier molecular flexibility index (Phi) is 3.23. The number of fused-ring (bicyclic) bond motifs is 2. The summed E-state index contributed by atoms with van der Waals surface area (Å²) in [5, 5.41) is 3.26. The lowest BCUT2D eigenvalue weighted by Crippen LogP contribution is -2.42. The van der Waals surface area contributed by atoms with E-state index in [-0.39, 0.29) is 17.9 Å². The zero-order chi connectivity index (χ0) is 13.6. The summed E-state index contributed by atoms with van der Waals surface area (Å²) in [6.45, 7) is 1.91. The van der Waals surface area contributed by atoms with Crippen molar-refractivity contribution in [3.8, 4) is 0 Å². The van der Waals surface area contributed by atoms with E-state index in [1.54, 1.807) is 6.20 Å². The Bertz CT molecular complexity index is 497. The molecule has 0 saturated heterocycles. The number of nitrogens with zero attached hydrogens (tertiary/aromatic N) is 1. The number of aromatic nitrogens is 1. The third-order valence-corrected chi connectivity index (χ3v) is 4.93. The average molecular weight is 280 g/mol. The molecule has 0 radical (unpaired) electrons. The van der Waals surface area contributed by atoms with E-state index in [4.69, 9.17) is 17.3 Å². The van der Waals surface area contributed by atoms with E-state index in [2.05, 4.69) is 10.3 Å². The highest BCUT2D eigenvalue weighted by Gasteiger charge is 2.49. The van der Waals surface area contributed by atoms with Crippen molar-refractivity contribution in [3.63, 3.8) is 0 Å². The standard InChI is InChI=1S/C14H18ClN3O/c1-7-4-5-17-13(15)12(7)18-14(19)10-8-2-3-9(6-8)11(10)16/h4-5,8-11H,2-3,6,16H2,1H3,(H,18,19). The van der Waals surface area contributed by atoms with Crippen LogP contribution in [0.1, 0.15) is 24.8 Å². The summed E-state index contributed by atoms with van der Waals surface area (Å²) in [5.74, 6) is 0.883. The Morgan fingerprint density at radius 2 is 2.21 bits per heavy atom. The molecule has 0 aromatic carbocycles. The largest absolute Gasteiger partial charge is 0.327 e. The summed E-state index contributed by atoms with van der Waals surface area (Å²) in [4.78, 5) is 16.4. The Morgan fingerprint density at radius 3 is 2.84 bits per heavy atom. The van der Waals surface area contributed by atoms with Gasteiger partial charge >= 0.3 is 0 Å². The minimum Gasteiger partial charge on any atom is -0.327 e. The minimum atomic E-state index is -0.0746. The fourth-order valence-corrected chi connectivity index (χ4v) is 3.86. The van der Waals surface area contributed by atoms with Gasteiger partial charge in [-0.3, -0.25) is 4.79 Å². The zero-order valence-electron chi connectivity index (χ0n) is 10.9. The van der Waals surface area contributed by atoms with Gasteiger partial charge in [0.05, 0.1) is 11.6 Å². The zero-order valence-corrected chi connectivity index (χ0v) is 11.7. The van der Waals surface area contributed by atoms with E-state index in [1.165, 1.54) is 6.42 Å². The fraction of sp³-hybridized carbons (Fsp3) is 0.571. The lowest BCUT2D eigenvalue weighted by atomic mass is 9.84. The molecule has 1 heterocycles. The van der Waals surface area contributed by atoms with Gasteiger partial charge in [0.15, 0.2) is 5.15 Å². The van der Waals surface area contributed by atoms with Crippen LogP contribution >= 0.6 is 11.6 Å². The van der Waals surface area contributed by atoms with E-state index in [9.17, 15) is 4.79 Å². The van der Waals surface area contributed by atoms with Crippen LogP contribution in [-0.4, -0.2) is 16.9 Å². The molecule has 2 fully saturated rings. The van der Waals surface area contributed by atoms with Gasteiger partial charge < -0.3 is 11.1 Å². The first-order valence-corrected chi connectivity index (χ1v) is 7.13. The van der Waals surface area contributed by atoms with E-state index in [0.29, 0.717) is 22.7 Å². The molecule has 102 valence electrons. The van der Waals surface area contributed by atoms with Crippen LogP contribution in [0.25, 0.3) is 0 Å². The Morgan fingerprint density at radius 1 is 1.47 bits per heavy atom. The van der Waals surface area contributed by atoms with Crippen LogP contribution < -0.4 is 11.1 Å². The molecule has 2 saturated carbocycles. The highest BCUT2D eigenvalue weighted by atomic mass is 35.5. The minimum absolute atomic E-state index is 0.00213. The Balaban J connectivity index is 1.79. The number of pyridine rings is 1. The third kappa shape index (κ3) is 2.13. The van der Waals surface area contributed by atoms with E-state index >= 15 is 0 Å². The van der Waals surface area contributed by atoms with Crippen molar-refractivity contribution < 1.29 is 4.79 Å². The van der Waals surface area contributed by atoms with Gasteiger partial charge in [0.25, 0.3) is 0 Å². The number of hydrogen-bond acceptors (Lipinski definition) is 3. The third-order valence-electron chi connectivity index (χ3n) is 4.64. The molecule has 1 amide bonds. The molecule has 3 rings (SSSR count). The van der Waals surface area contributed by atoms with Gasteiger partial charge in [0.2, 0.25) is 5.91 Å². The average Bonchev–Trinajstić information content (AvgIpc) is 2.94. The summed E-state index contributed by atoms with van der Waals surface area (Å²) >= 11 is 6.04. The molecule has 1 aromatic heterocycles. The second kappa shape index (κ2) is 4.76. The number of nitrogens with two attached hydrogens (primary N) is 1. The second-order valence-corrected chi connectivity index (χ2v) is 6.08. The van der Waals surface area contributed by atoms with Crippen LogP contribution in [0.5, 0.6) is 0 Å². The van der Waals surface area contributed by atoms with Gasteiger partial charge in [-0.1, -0.05) is 11.6 Å². The van der Waals surface area contributed by atoms with Crippen molar-refractivity contribution in [2.75, 3.05) is 5.32 Å². The van der Waals surface area contributed by atoms with Crippen LogP contribution in [-0.2, 0) is 4.79 Å². The molecule has 5 heteroatoms. The monoisotopic (exact) mass is 279 g/mol. The van der Waals surface area contributed by atoms with Gasteiger partial charge in [0.1, 0.15) is 0 Å². The summed E-state index contributed by atoms with van der Waals surface area (Å²) in [6.07, 6.45) is 5.02. The van der Waals surface area contributed by atoms with Gasteiger partial charge in [-0.15, -0.1) is 0 Å². The molecule has 2 bridgehead atoms. The Labute approximate surface area is 117 Å². The van der Waals surface area contributed by atoms with Crippen LogP contribution in [0.15, 0.2) is 12.3 Å². The highest BCUT2D eigenvalue weighted by molar-refractivity contribution is 6.32. The Hall–Kier alpha value is -1.13. The van der Waals surface area contributed by atoms with Gasteiger partial charge in [-0.2, -0.15) is 0 Å². The predicted molar refractivity (Wildman–Crippen MR) is 74.9 cm³/mol. The number of aryl methyl sites for hydroxylation is 1. The lowest BCUT2D eigenvalue weighted by Gasteiger charge is -2.27. The smallest absolute Gasteiger partial charge is 0.229 e. The molecule has 4 atom stereocenters. The quantitative estimate of drug-likeness (QED) is 0.817. The SMILES string of the molecule is Cc1ccnc(Cl)c1NC(=O)C1C2CCC(C2)C1N. The summed E-state index contributed by atoms with van der Waals surface area (Å²) < 4.78 is 0. The van der Waals surface area contributed by atoms with Crippen molar-refractivity contribution in [3.05, 3.63) is 23.0 Å². The van der Waals surface area contributed by atoms with Crippen molar-refractivity contribution in [2.45, 2.75) is 32.2 Å². The van der Waals surface area contributed by atoms with Crippen LogP contribution in [0.4, 0.5) is 5.69 Å². The second-order valence-electron chi connectivity index (χ2n) is 5.72. The molecular formula is C14H18ClN3O. The summed E-state index contributed by atoms with van der Waals surface area (Å²) in [6, 6.07) is 1.83. The molecule has 3 N–H and O–H groups in total. The predicted octanol–water partition coefficient (Wildman–Crippen LogP) is 2.36. The lowest BCUT2D eigenvalue weighted by molar-refractivity contribution is -0.121. The molecular weight excluding hydrogens is 262 g/mol. The van der Waals surface area contributed by atoms with E-state index in [0.717, 1.165) is 18.4 Å². The number of carbonyl (C=O) groups is 1. The maximum absolute atomic E-state index is 12.4. The first-order valence-electron chi connectivity index (χ1n) is 6.75. The normalized spacial score (nSPS) is 32.6. The number of amides is 1. The molecule has 4 unspecified atom stereocenters. The molecule has 19 heavy (non-hydrogen) atoms. The molecule has 0 spiro atoms. The number of rotatable bonds is 2. The fourth-order valence-electron chi connectivity index (χ4n) is 3.61. The van der Waals surface area contributed by atoms with Gasteiger partial charge in [-0.25, -0.2) is 4.98 Å². The highest BCUT2D eigenvalue weighted by Crippen LogP contribution is 2.48. The molecule has 0 aliphatic heterocycles. The molecule has 1 aromatic rings. The number of carbonyl (C=O) groups excluding carboxylic acids is 1. The number of halogens is 1. The molecule has 2 aliphatic carbocycles. The first-order chi connectivity index (χ1) is 9.08. The van der Waals surface area contributed by atoms with Crippen molar-refractivity contribution >= 4 is 23.2 Å². The van der Waals surface area contributed by atoms with Gasteiger partial charge in [-0.05, 0) is 49.7 Å². The molecule has 2 aliphatic rings. The number of anilines is 1. The van der Waals surface area contributed by atoms with Crippen molar-refractivity contribution in [1.82, 2.24) is 4.98 Å². The van der Waals surface area contributed by atoms with Crippen LogP contribution in [0.3, 0.4) is 0 Å². The van der Waals surface area contributed by atoms with Crippen LogP contribution in [0, 0.1) is 24.7 Å². The topological polar surface area (TPSA) is 68.0 Å². The summed E-state index contributed by atoms with van der Waals surface area (Å²) in [5.41, 5.74) is 7.72. The summed E-state index contributed by atoms with van der Waals surface area (Å²) in [7, 11) is 0. The van der Waals surface area contributed by atoms with Crippen LogP contribution in [0.2, 0.25) is 5.15 Å². The van der Waals surface area contributed by atoms with E-state index < -0.39 is 0 Å². The van der Waals surface area contributed by atoms with E-state index in [1.807, 2.05) is 13.0 Å². The maximum atomic E-state index is 12.4. The number of nitrogens with one attached hydrogen (secondary N) is 1.